The Morgan fingerprint density at radius 2 is 2.24 bits per heavy atom. The standard InChI is InChI=1S/C17H16ClN3O4/c1-24-7-6-20-17(23)16-15(11-4-5-19-9-14(11)25-16)21-10-2-3-12(18)13(22)8-10/h2-5,8-9,21-22H,6-7H2,1H3,(H,20,23). The maximum absolute atomic E-state index is 12.4. The van der Waals surface area contributed by atoms with Gasteiger partial charge in [0.25, 0.3) is 5.91 Å². The highest BCUT2D eigenvalue weighted by Gasteiger charge is 2.21. The van der Waals surface area contributed by atoms with Gasteiger partial charge in [-0.2, -0.15) is 0 Å². The molecule has 0 fully saturated rings. The van der Waals surface area contributed by atoms with Crippen molar-refractivity contribution in [3.63, 3.8) is 0 Å². The molecule has 2 heterocycles. The fraction of sp³-hybridized carbons (Fsp3) is 0.176. The number of aromatic hydroxyl groups is 1. The number of pyridine rings is 1. The van der Waals surface area contributed by atoms with Crippen molar-refractivity contribution >= 4 is 39.9 Å². The predicted molar refractivity (Wildman–Crippen MR) is 94.6 cm³/mol. The number of fused-ring (bicyclic) bond motifs is 1. The number of carbonyl (C=O) groups is 1. The Morgan fingerprint density at radius 1 is 1.40 bits per heavy atom. The number of carbonyl (C=O) groups excluding carboxylic acids is 1. The van der Waals surface area contributed by atoms with Gasteiger partial charge in [-0.3, -0.25) is 9.78 Å². The van der Waals surface area contributed by atoms with Crippen molar-refractivity contribution in [3.8, 4) is 5.75 Å². The number of nitrogens with one attached hydrogen (secondary N) is 2. The van der Waals surface area contributed by atoms with Gasteiger partial charge in [0.15, 0.2) is 5.58 Å². The molecule has 0 saturated carbocycles. The Bertz CT molecular complexity index is 910. The van der Waals surface area contributed by atoms with Crippen LogP contribution in [0.1, 0.15) is 10.6 Å². The SMILES string of the molecule is COCCNC(=O)c1oc2cnccc2c1Nc1ccc(Cl)c(O)c1. The second-order valence-electron chi connectivity index (χ2n) is 5.22. The first kappa shape index (κ1) is 17.1. The molecule has 25 heavy (non-hydrogen) atoms. The minimum atomic E-state index is -0.381. The third-order valence-corrected chi connectivity index (χ3v) is 3.83. The number of phenolic OH excluding ortho intramolecular Hbond substituents is 1. The van der Waals surface area contributed by atoms with Crippen LogP contribution >= 0.6 is 11.6 Å². The molecule has 0 aliphatic rings. The smallest absolute Gasteiger partial charge is 0.289 e. The molecule has 1 aromatic carbocycles. The number of methoxy groups -OCH3 is 1. The number of furan rings is 1. The Balaban J connectivity index is 1.97. The molecule has 1 amide bonds. The van der Waals surface area contributed by atoms with Crippen LogP contribution in [-0.2, 0) is 4.74 Å². The van der Waals surface area contributed by atoms with Crippen molar-refractivity contribution in [2.45, 2.75) is 0 Å². The van der Waals surface area contributed by atoms with Crippen molar-refractivity contribution in [2.24, 2.45) is 0 Å². The van der Waals surface area contributed by atoms with E-state index in [4.69, 9.17) is 20.8 Å². The fourth-order valence-corrected chi connectivity index (χ4v) is 2.43. The zero-order valence-corrected chi connectivity index (χ0v) is 14.1. The number of anilines is 2. The summed E-state index contributed by atoms with van der Waals surface area (Å²) in [4.78, 5) is 16.4. The number of phenols is 1. The van der Waals surface area contributed by atoms with Crippen LogP contribution in [0.25, 0.3) is 11.0 Å². The number of benzene rings is 1. The monoisotopic (exact) mass is 361 g/mol. The molecule has 0 unspecified atom stereocenters. The van der Waals surface area contributed by atoms with E-state index >= 15 is 0 Å². The summed E-state index contributed by atoms with van der Waals surface area (Å²) in [5, 5.41) is 16.5. The van der Waals surface area contributed by atoms with Gasteiger partial charge in [0.1, 0.15) is 5.75 Å². The molecule has 0 aliphatic carbocycles. The van der Waals surface area contributed by atoms with E-state index in [1.165, 1.54) is 12.3 Å². The molecular weight excluding hydrogens is 346 g/mol. The fourth-order valence-electron chi connectivity index (χ4n) is 2.32. The number of nitrogens with zero attached hydrogens (tertiary/aromatic N) is 1. The average molecular weight is 362 g/mol. The molecule has 8 heteroatoms. The van der Waals surface area contributed by atoms with E-state index in [1.807, 2.05) is 0 Å². The average Bonchev–Trinajstić information content (AvgIpc) is 2.97. The van der Waals surface area contributed by atoms with E-state index in [9.17, 15) is 9.90 Å². The largest absolute Gasteiger partial charge is 0.506 e. The predicted octanol–water partition coefficient (Wildman–Crippen LogP) is 3.31. The zero-order chi connectivity index (χ0) is 17.8. The van der Waals surface area contributed by atoms with Crippen molar-refractivity contribution in [3.05, 3.63) is 47.4 Å². The van der Waals surface area contributed by atoms with E-state index < -0.39 is 0 Å². The maximum atomic E-state index is 12.4. The molecule has 3 rings (SSSR count). The summed E-state index contributed by atoms with van der Waals surface area (Å²) in [6, 6.07) is 6.45. The normalized spacial score (nSPS) is 10.8. The molecule has 0 aliphatic heterocycles. The van der Waals surface area contributed by atoms with E-state index in [-0.39, 0.29) is 22.4 Å². The quantitative estimate of drug-likeness (QED) is 0.583. The van der Waals surface area contributed by atoms with Crippen LogP contribution in [0.4, 0.5) is 11.4 Å². The molecule has 130 valence electrons. The zero-order valence-electron chi connectivity index (χ0n) is 13.4. The van der Waals surface area contributed by atoms with Gasteiger partial charge in [-0.05, 0) is 18.2 Å². The minimum Gasteiger partial charge on any atom is -0.506 e. The Labute approximate surface area is 148 Å². The summed E-state index contributed by atoms with van der Waals surface area (Å²) < 4.78 is 10.6. The summed E-state index contributed by atoms with van der Waals surface area (Å²) in [6.45, 7) is 0.743. The summed E-state index contributed by atoms with van der Waals surface area (Å²) in [5.74, 6) is -0.324. The molecule has 0 saturated heterocycles. The van der Waals surface area contributed by atoms with E-state index in [0.29, 0.717) is 35.5 Å². The molecule has 3 aromatic rings. The van der Waals surface area contributed by atoms with Gasteiger partial charge < -0.3 is 24.9 Å². The van der Waals surface area contributed by atoms with E-state index in [1.54, 1.807) is 31.5 Å². The molecule has 0 spiro atoms. The summed E-state index contributed by atoms with van der Waals surface area (Å²) in [5.41, 5.74) is 1.52. The lowest BCUT2D eigenvalue weighted by atomic mass is 10.2. The third kappa shape index (κ3) is 3.67. The topological polar surface area (TPSA) is 96.6 Å². The van der Waals surface area contributed by atoms with Crippen LogP contribution in [0.2, 0.25) is 5.02 Å². The van der Waals surface area contributed by atoms with Gasteiger partial charge in [0.2, 0.25) is 5.76 Å². The van der Waals surface area contributed by atoms with Gasteiger partial charge in [0, 0.05) is 37.0 Å². The van der Waals surface area contributed by atoms with Crippen LogP contribution < -0.4 is 10.6 Å². The van der Waals surface area contributed by atoms with Crippen LogP contribution in [-0.4, -0.2) is 36.3 Å². The van der Waals surface area contributed by atoms with Crippen molar-refractivity contribution in [2.75, 3.05) is 25.6 Å². The van der Waals surface area contributed by atoms with E-state index in [2.05, 4.69) is 15.6 Å². The Kier molecular flexibility index (Phi) is 5.06. The van der Waals surface area contributed by atoms with Crippen molar-refractivity contribution < 1.29 is 19.1 Å². The molecule has 0 radical (unpaired) electrons. The Hall–Kier alpha value is -2.77. The van der Waals surface area contributed by atoms with Crippen LogP contribution in [0.15, 0.2) is 41.1 Å². The second kappa shape index (κ2) is 7.42. The lowest BCUT2D eigenvalue weighted by Gasteiger charge is -2.09. The first-order valence-electron chi connectivity index (χ1n) is 7.49. The molecule has 2 aromatic heterocycles. The number of amides is 1. The Morgan fingerprint density at radius 3 is 3.00 bits per heavy atom. The second-order valence-corrected chi connectivity index (χ2v) is 5.63. The van der Waals surface area contributed by atoms with Gasteiger partial charge >= 0.3 is 0 Å². The minimum absolute atomic E-state index is 0.0628. The van der Waals surface area contributed by atoms with Crippen LogP contribution in [0, 0.1) is 0 Å². The summed E-state index contributed by atoms with van der Waals surface area (Å²) >= 11 is 5.83. The molecule has 3 N–H and O–H groups in total. The van der Waals surface area contributed by atoms with E-state index in [0.717, 1.165) is 0 Å². The molecule has 0 atom stereocenters. The van der Waals surface area contributed by atoms with Gasteiger partial charge in [-0.15, -0.1) is 0 Å². The highest BCUT2D eigenvalue weighted by Crippen LogP contribution is 2.34. The lowest BCUT2D eigenvalue weighted by Crippen LogP contribution is -2.27. The number of ether oxygens (including phenoxy) is 1. The summed E-state index contributed by atoms with van der Waals surface area (Å²) in [6.07, 6.45) is 3.14. The molecule has 7 nitrogen and oxygen atoms in total. The van der Waals surface area contributed by atoms with Gasteiger partial charge in [0.05, 0.1) is 23.5 Å². The number of rotatable bonds is 6. The first-order valence-corrected chi connectivity index (χ1v) is 7.87. The number of aromatic nitrogens is 1. The van der Waals surface area contributed by atoms with Gasteiger partial charge in [-0.1, -0.05) is 11.6 Å². The molecular formula is C17H16ClN3O4. The van der Waals surface area contributed by atoms with Crippen LogP contribution in [0.5, 0.6) is 5.75 Å². The number of hydrogen-bond donors (Lipinski definition) is 3. The molecule has 0 bridgehead atoms. The summed E-state index contributed by atoms with van der Waals surface area (Å²) in [7, 11) is 1.55. The first-order chi connectivity index (χ1) is 12.1. The third-order valence-electron chi connectivity index (χ3n) is 3.51. The number of halogens is 1. The van der Waals surface area contributed by atoms with Crippen molar-refractivity contribution in [1.29, 1.82) is 0 Å². The maximum Gasteiger partial charge on any atom is 0.289 e. The van der Waals surface area contributed by atoms with Crippen LogP contribution in [0.3, 0.4) is 0 Å². The highest BCUT2D eigenvalue weighted by molar-refractivity contribution is 6.32. The lowest BCUT2D eigenvalue weighted by molar-refractivity contribution is 0.0913. The highest BCUT2D eigenvalue weighted by atomic mass is 35.5. The van der Waals surface area contributed by atoms with Gasteiger partial charge in [-0.25, -0.2) is 0 Å². The van der Waals surface area contributed by atoms with Crippen molar-refractivity contribution in [1.82, 2.24) is 10.3 Å². The number of hydrogen-bond acceptors (Lipinski definition) is 6.